The van der Waals surface area contributed by atoms with Gasteiger partial charge in [-0.25, -0.2) is 0 Å². The molecule has 0 atom stereocenters. The summed E-state index contributed by atoms with van der Waals surface area (Å²) >= 11 is 0. The second kappa shape index (κ2) is 7.58. The first-order valence-corrected chi connectivity index (χ1v) is 7.07. The Morgan fingerprint density at radius 2 is 1.43 bits per heavy atom. The summed E-state index contributed by atoms with van der Waals surface area (Å²) in [5.74, 6) is 0.418. The molecule has 0 spiro atoms. The fourth-order valence-electron chi connectivity index (χ4n) is 1.88. The molecule has 0 saturated heterocycles. The smallest absolute Gasteiger partial charge is 0.387 e. The van der Waals surface area contributed by atoms with Gasteiger partial charge in [-0.2, -0.15) is 8.78 Å². The number of halogens is 2. The third-order valence-corrected chi connectivity index (χ3v) is 2.83. The lowest BCUT2D eigenvalue weighted by Gasteiger charge is -2.10. The molecule has 122 valence electrons. The Morgan fingerprint density at radius 1 is 0.913 bits per heavy atom. The molecule has 0 radical (unpaired) electrons. The van der Waals surface area contributed by atoms with Gasteiger partial charge in [0.05, 0.1) is 6.10 Å². The predicted molar refractivity (Wildman–Crippen MR) is 83.2 cm³/mol. The van der Waals surface area contributed by atoms with Crippen LogP contribution >= 0.6 is 0 Å². The van der Waals surface area contributed by atoms with E-state index in [1.54, 1.807) is 24.3 Å². The highest BCUT2D eigenvalue weighted by Crippen LogP contribution is 2.19. The molecule has 6 heteroatoms. The molecule has 2 rings (SSSR count). The maximum atomic E-state index is 12.1. The van der Waals surface area contributed by atoms with Gasteiger partial charge >= 0.3 is 6.61 Å². The van der Waals surface area contributed by atoms with E-state index in [-0.39, 0.29) is 17.8 Å². The normalized spacial score (nSPS) is 10.7. The van der Waals surface area contributed by atoms with E-state index in [2.05, 4.69) is 10.1 Å². The SMILES string of the molecule is CC(C)Oc1ccc(C(=O)Nc2ccc(OC(F)F)cc2)cc1. The number of hydrogen-bond donors (Lipinski definition) is 1. The summed E-state index contributed by atoms with van der Waals surface area (Å²) in [6.07, 6.45) is 0.0589. The van der Waals surface area contributed by atoms with E-state index in [4.69, 9.17) is 4.74 Å². The lowest BCUT2D eigenvalue weighted by atomic mass is 10.2. The minimum absolute atomic E-state index is 0.0354. The number of rotatable bonds is 6. The number of carbonyl (C=O) groups excluding carboxylic acids is 1. The molecule has 0 heterocycles. The van der Waals surface area contributed by atoms with Gasteiger partial charge in [0.25, 0.3) is 5.91 Å². The van der Waals surface area contributed by atoms with Crippen molar-refractivity contribution >= 4 is 11.6 Å². The average Bonchev–Trinajstić information content (AvgIpc) is 2.49. The summed E-state index contributed by atoms with van der Waals surface area (Å²) in [6, 6.07) is 12.5. The molecular weight excluding hydrogens is 304 g/mol. The van der Waals surface area contributed by atoms with Crippen molar-refractivity contribution in [1.82, 2.24) is 0 Å². The minimum Gasteiger partial charge on any atom is -0.491 e. The van der Waals surface area contributed by atoms with Crippen LogP contribution in [-0.2, 0) is 0 Å². The van der Waals surface area contributed by atoms with E-state index in [1.165, 1.54) is 24.3 Å². The van der Waals surface area contributed by atoms with E-state index >= 15 is 0 Å². The molecular formula is C17H17F2NO3. The molecule has 1 amide bonds. The zero-order valence-electron chi connectivity index (χ0n) is 12.8. The Balaban J connectivity index is 1.98. The number of nitrogens with one attached hydrogen (secondary N) is 1. The fourth-order valence-corrected chi connectivity index (χ4v) is 1.88. The summed E-state index contributed by atoms with van der Waals surface area (Å²) in [5.41, 5.74) is 0.952. The summed E-state index contributed by atoms with van der Waals surface area (Å²) in [4.78, 5) is 12.1. The second-order valence-electron chi connectivity index (χ2n) is 5.05. The molecule has 0 aromatic heterocycles. The third-order valence-electron chi connectivity index (χ3n) is 2.83. The van der Waals surface area contributed by atoms with Crippen LogP contribution in [0.25, 0.3) is 0 Å². The Hall–Kier alpha value is -2.63. The predicted octanol–water partition coefficient (Wildman–Crippen LogP) is 4.33. The molecule has 1 N–H and O–H groups in total. The number of anilines is 1. The highest BCUT2D eigenvalue weighted by Gasteiger charge is 2.08. The van der Waals surface area contributed by atoms with Crippen molar-refractivity contribution in [1.29, 1.82) is 0 Å². The zero-order chi connectivity index (χ0) is 16.8. The van der Waals surface area contributed by atoms with E-state index in [0.29, 0.717) is 17.0 Å². The lowest BCUT2D eigenvalue weighted by Crippen LogP contribution is -2.12. The minimum atomic E-state index is -2.87. The van der Waals surface area contributed by atoms with Crippen LogP contribution in [-0.4, -0.2) is 18.6 Å². The Labute approximate surface area is 133 Å². The number of amides is 1. The van der Waals surface area contributed by atoms with Gasteiger partial charge in [0, 0.05) is 11.3 Å². The summed E-state index contributed by atoms with van der Waals surface area (Å²) in [7, 11) is 0. The van der Waals surface area contributed by atoms with Gasteiger partial charge in [0.15, 0.2) is 0 Å². The van der Waals surface area contributed by atoms with E-state index < -0.39 is 6.61 Å². The van der Waals surface area contributed by atoms with Crippen LogP contribution in [0.1, 0.15) is 24.2 Å². The molecule has 2 aromatic rings. The van der Waals surface area contributed by atoms with Gasteiger partial charge in [-0.3, -0.25) is 4.79 Å². The largest absolute Gasteiger partial charge is 0.491 e. The maximum absolute atomic E-state index is 12.1. The fraction of sp³-hybridized carbons (Fsp3) is 0.235. The molecule has 0 aliphatic rings. The Bertz CT molecular complexity index is 640. The molecule has 0 unspecified atom stereocenters. The Kier molecular flexibility index (Phi) is 5.51. The quantitative estimate of drug-likeness (QED) is 0.861. The van der Waals surface area contributed by atoms with Crippen LogP contribution in [0.4, 0.5) is 14.5 Å². The molecule has 0 aliphatic carbocycles. The summed E-state index contributed by atoms with van der Waals surface area (Å²) < 4.78 is 33.9. The first kappa shape index (κ1) is 16.7. The molecule has 0 saturated carbocycles. The van der Waals surface area contributed by atoms with Gasteiger partial charge in [-0.15, -0.1) is 0 Å². The second-order valence-corrected chi connectivity index (χ2v) is 5.05. The molecule has 0 bridgehead atoms. The number of alkyl halides is 2. The van der Waals surface area contributed by atoms with Crippen LogP contribution in [0.2, 0.25) is 0 Å². The number of benzene rings is 2. The lowest BCUT2D eigenvalue weighted by molar-refractivity contribution is -0.0498. The van der Waals surface area contributed by atoms with Crippen LogP contribution in [0.15, 0.2) is 48.5 Å². The summed E-state index contributed by atoms with van der Waals surface area (Å²) in [5, 5.41) is 2.68. The van der Waals surface area contributed by atoms with Gasteiger partial charge in [0.1, 0.15) is 11.5 Å². The number of carbonyl (C=O) groups is 1. The number of hydrogen-bond acceptors (Lipinski definition) is 3. The van der Waals surface area contributed by atoms with Crippen molar-refractivity contribution in [2.75, 3.05) is 5.32 Å². The van der Waals surface area contributed by atoms with E-state index in [1.807, 2.05) is 13.8 Å². The van der Waals surface area contributed by atoms with Crippen molar-refractivity contribution in [3.63, 3.8) is 0 Å². The topological polar surface area (TPSA) is 47.6 Å². The highest BCUT2D eigenvalue weighted by molar-refractivity contribution is 6.04. The van der Waals surface area contributed by atoms with Crippen LogP contribution in [0.3, 0.4) is 0 Å². The van der Waals surface area contributed by atoms with Gasteiger partial charge in [-0.05, 0) is 62.4 Å². The highest BCUT2D eigenvalue weighted by atomic mass is 19.3. The van der Waals surface area contributed by atoms with Crippen LogP contribution < -0.4 is 14.8 Å². The molecule has 0 aliphatic heterocycles. The first-order chi connectivity index (χ1) is 10.9. The standard InChI is InChI=1S/C17H17F2NO3/c1-11(2)22-14-7-3-12(4-8-14)16(21)20-13-5-9-15(10-6-13)23-17(18)19/h3-11,17H,1-2H3,(H,20,21). The van der Waals surface area contributed by atoms with Gasteiger partial charge in [0.2, 0.25) is 0 Å². The van der Waals surface area contributed by atoms with Gasteiger partial charge < -0.3 is 14.8 Å². The van der Waals surface area contributed by atoms with Crippen molar-refractivity contribution in [2.24, 2.45) is 0 Å². The molecule has 2 aromatic carbocycles. The maximum Gasteiger partial charge on any atom is 0.387 e. The average molecular weight is 321 g/mol. The monoisotopic (exact) mass is 321 g/mol. The van der Waals surface area contributed by atoms with Crippen LogP contribution in [0, 0.1) is 0 Å². The van der Waals surface area contributed by atoms with E-state index in [0.717, 1.165) is 0 Å². The van der Waals surface area contributed by atoms with E-state index in [9.17, 15) is 13.6 Å². The van der Waals surface area contributed by atoms with Crippen molar-refractivity contribution in [2.45, 2.75) is 26.6 Å². The van der Waals surface area contributed by atoms with Gasteiger partial charge in [-0.1, -0.05) is 0 Å². The van der Waals surface area contributed by atoms with Crippen molar-refractivity contribution in [3.8, 4) is 11.5 Å². The molecule has 23 heavy (non-hydrogen) atoms. The number of ether oxygens (including phenoxy) is 2. The third kappa shape index (κ3) is 5.25. The summed E-state index contributed by atoms with van der Waals surface area (Å²) in [6.45, 7) is 0.964. The first-order valence-electron chi connectivity index (χ1n) is 7.07. The molecule has 0 fully saturated rings. The van der Waals surface area contributed by atoms with Crippen molar-refractivity contribution < 1.29 is 23.0 Å². The van der Waals surface area contributed by atoms with Crippen LogP contribution in [0.5, 0.6) is 11.5 Å². The Morgan fingerprint density at radius 3 is 1.96 bits per heavy atom. The van der Waals surface area contributed by atoms with Crippen molar-refractivity contribution in [3.05, 3.63) is 54.1 Å². The molecule has 4 nitrogen and oxygen atoms in total. The zero-order valence-corrected chi connectivity index (χ0v) is 12.8.